The normalized spacial score (nSPS) is 16.0. The summed E-state index contributed by atoms with van der Waals surface area (Å²) >= 11 is 0. The quantitative estimate of drug-likeness (QED) is 0.302. The highest BCUT2D eigenvalue weighted by Gasteiger charge is 2.47. The van der Waals surface area contributed by atoms with Gasteiger partial charge in [0.2, 0.25) is 11.7 Å². The second-order valence-corrected chi connectivity index (χ2v) is 11.6. The van der Waals surface area contributed by atoms with E-state index in [2.05, 4.69) is 0 Å². The van der Waals surface area contributed by atoms with E-state index in [1.807, 2.05) is 6.07 Å². The predicted octanol–water partition coefficient (Wildman–Crippen LogP) is 3.04. The predicted molar refractivity (Wildman–Crippen MR) is 172 cm³/mol. The van der Waals surface area contributed by atoms with Crippen molar-refractivity contribution in [3.63, 3.8) is 0 Å². The smallest absolute Gasteiger partial charge is 0.337 e. The SMILES string of the molecule is COCC(=O)N1C=C(c2cc(OC)c(OC)c(OC)c2)N(N(C(C)=O)[C@@H](Cc2ccccc2)C(O)C(=O)OC(C)C)C(=O)C1C(C)C. The average molecular weight is 656 g/mol. The van der Waals surface area contributed by atoms with E-state index in [-0.39, 0.29) is 36.0 Å². The Kier molecular flexibility index (Phi) is 12.8. The van der Waals surface area contributed by atoms with Crippen LogP contribution in [0.5, 0.6) is 17.2 Å². The van der Waals surface area contributed by atoms with Crippen LogP contribution in [-0.2, 0) is 35.1 Å². The largest absolute Gasteiger partial charge is 0.493 e. The van der Waals surface area contributed by atoms with Crippen LogP contribution in [0, 0.1) is 5.92 Å². The molecule has 0 bridgehead atoms. The number of hydrogen-bond acceptors (Lipinski definition) is 10. The summed E-state index contributed by atoms with van der Waals surface area (Å²) in [6.45, 7) is 7.71. The van der Waals surface area contributed by atoms with Crippen LogP contribution in [0.15, 0.2) is 48.7 Å². The second-order valence-electron chi connectivity index (χ2n) is 11.6. The lowest BCUT2D eigenvalue weighted by molar-refractivity contribution is -0.178. The molecule has 0 spiro atoms. The lowest BCUT2D eigenvalue weighted by atomic mass is 9.96. The fraction of sp³-hybridized carbons (Fsp3) is 0.471. The molecular formula is C34H45N3O10. The van der Waals surface area contributed by atoms with E-state index in [0.29, 0.717) is 11.1 Å². The van der Waals surface area contributed by atoms with Crippen LogP contribution in [0.1, 0.15) is 45.7 Å². The van der Waals surface area contributed by atoms with E-state index in [0.717, 1.165) is 10.0 Å². The van der Waals surface area contributed by atoms with E-state index < -0.39 is 53.9 Å². The number of amides is 3. The topological polar surface area (TPSA) is 144 Å². The van der Waals surface area contributed by atoms with E-state index in [1.54, 1.807) is 64.1 Å². The molecule has 3 atom stereocenters. The molecule has 2 unspecified atom stereocenters. The third kappa shape index (κ3) is 8.22. The molecule has 2 aromatic carbocycles. The standard InChI is InChI=1S/C34H45N3O10/c1-20(2)30-33(41)37(36(22(5)38)25(15-23-13-11-10-12-14-23)31(40)34(42)47-21(3)4)26(18-35(30)29(39)19-43-6)24-16-27(44-7)32(46-9)28(17-24)45-8/h10-14,16-18,20-21,25,30-31,40H,15,19H2,1-9H3/t25-,30?,31?/m0/s1. The van der Waals surface area contributed by atoms with Crippen LogP contribution >= 0.6 is 0 Å². The molecule has 0 fully saturated rings. The number of hydrazine groups is 1. The van der Waals surface area contributed by atoms with Gasteiger partial charge in [0.05, 0.1) is 39.2 Å². The lowest BCUT2D eigenvalue weighted by Crippen LogP contribution is -2.65. The minimum absolute atomic E-state index is 0.0280. The molecule has 1 heterocycles. The molecule has 256 valence electrons. The minimum Gasteiger partial charge on any atom is -0.493 e. The average Bonchev–Trinajstić information content (AvgIpc) is 3.03. The first-order valence-corrected chi connectivity index (χ1v) is 15.2. The maximum absolute atomic E-state index is 14.7. The molecule has 13 nitrogen and oxygen atoms in total. The molecule has 0 saturated carbocycles. The maximum Gasteiger partial charge on any atom is 0.337 e. The third-order valence-corrected chi connectivity index (χ3v) is 7.50. The van der Waals surface area contributed by atoms with Gasteiger partial charge in [0, 0.05) is 25.8 Å². The molecule has 3 rings (SSSR count). The molecule has 0 aliphatic carbocycles. The van der Waals surface area contributed by atoms with E-state index in [9.17, 15) is 24.3 Å². The number of carbonyl (C=O) groups excluding carboxylic acids is 4. The summed E-state index contributed by atoms with van der Waals surface area (Å²) in [6, 6.07) is 9.67. The third-order valence-electron chi connectivity index (χ3n) is 7.50. The van der Waals surface area contributed by atoms with Crippen LogP contribution in [0.3, 0.4) is 0 Å². The van der Waals surface area contributed by atoms with Crippen LogP contribution in [0.4, 0.5) is 0 Å². The summed E-state index contributed by atoms with van der Waals surface area (Å²) in [5.74, 6) is -2.45. The van der Waals surface area contributed by atoms with Crippen molar-refractivity contribution < 1.29 is 48.0 Å². The molecule has 0 saturated heterocycles. The molecule has 13 heteroatoms. The van der Waals surface area contributed by atoms with Crippen molar-refractivity contribution in [2.75, 3.05) is 35.0 Å². The molecule has 2 aromatic rings. The maximum atomic E-state index is 14.7. The Balaban J connectivity index is 2.39. The Labute approximate surface area is 275 Å². The van der Waals surface area contributed by atoms with Gasteiger partial charge in [-0.3, -0.25) is 14.4 Å². The Morgan fingerprint density at radius 2 is 1.53 bits per heavy atom. The second kappa shape index (κ2) is 16.3. The fourth-order valence-electron chi connectivity index (χ4n) is 5.48. The molecule has 47 heavy (non-hydrogen) atoms. The van der Waals surface area contributed by atoms with Crippen LogP contribution in [0.25, 0.3) is 5.70 Å². The number of hydrogen-bond donors (Lipinski definition) is 1. The number of aliphatic hydroxyl groups excluding tert-OH is 1. The highest BCUT2D eigenvalue weighted by molar-refractivity contribution is 5.99. The zero-order valence-corrected chi connectivity index (χ0v) is 28.4. The molecule has 1 aliphatic rings. The Morgan fingerprint density at radius 1 is 0.936 bits per heavy atom. The van der Waals surface area contributed by atoms with Gasteiger partial charge in [-0.05, 0) is 43.9 Å². The van der Waals surface area contributed by atoms with Gasteiger partial charge in [0.1, 0.15) is 12.6 Å². The molecule has 1 N–H and O–H groups in total. The Hall–Kier alpha value is -4.62. The monoisotopic (exact) mass is 655 g/mol. The highest BCUT2D eigenvalue weighted by atomic mass is 16.6. The number of benzene rings is 2. The Morgan fingerprint density at radius 3 is 2.00 bits per heavy atom. The van der Waals surface area contributed by atoms with Crippen molar-refractivity contribution in [3.8, 4) is 17.2 Å². The van der Waals surface area contributed by atoms with Crippen molar-refractivity contribution in [2.24, 2.45) is 5.92 Å². The first kappa shape index (κ1) is 36.8. The summed E-state index contributed by atoms with van der Waals surface area (Å²) in [7, 11) is 5.67. The number of ether oxygens (including phenoxy) is 5. The zero-order valence-electron chi connectivity index (χ0n) is 28.4. The van der Waals surface area contributed by atoms with Gasteiger partial charge in [0.15, 0.2) is 17.6 Å². The van der Waals surface area contributed by atoms with E-state index in [4.69, 9.17) is 23.7 Å². The summed E-state index contributed by atoms with van der Waals surface area (Å²) in [5, 5.41) is 13.7. The van der Waals surface area contributed by atoms with Crippen molar-refractivity contribution in [1.82, 2.24) is 14.9 Å². The number of carbonyl (C=O) groups is 4. The summed E-state index contributed by atoms with van der Waals surface area (Å²) in [4.78, 5) is 56.4. The van der Waals surface area contributed by atoms with E-state index >= 15 is 0 Å². The summed E-state index contributed by atoms with van der Waals surface area (Å²) < 4.78 is 27.1. The minimum atomic E-state index is -1.86. The van der Waals surface area contributed by atoms with Crippen LogP contribution < -0.4 is 14.2 Å². The molecule has 0 radical (unpaired) electrons. The van der Waals surface area contributed by atoms with Crippen molar-refractivity contribution in [3.05, 3.63) is 59.8 Å². The summed E-state index contributed by atoms with van der Waals surface area (Å²) in [6.07, 6.45) is -0.999. The molecular weight excluding hydrogens is 610 g/mol. The van der Waals surface area contributed by atoms with Gasteiger partial charge >= 0.3 is 5.97 Å². The molecule has 3 amide bonds. The van der Waals surface area contributed by atoms with Gasteiger partial charge in [0.25, 0.3) is 11.8 Å². The molecule has 1 aliphatic heterocycles. The lowest BCUT2D eigenvalue weighted by Gasteiger charge is -2.47. The van der Waals surface area contributed by atoms with Crippen molar-refractivity contribution >= 4 is 29.4 Å². The zero-order chi connectivity index (χ0) is 35.0. The van der Waals surface area contributed by atoms with Gasteiger partial charge in [-0.25, -0.2) is 14.8 Å². The number of esters is 1. The van der Waals surface area contributed by atoms with Gasteiger partial charge in [-0.15, -0.1) is 0 Å². The Bertz CT molecular complexity index is 1430. The number of aliphatic hydroxyl groups is 1. The first-order chi connectivity index (χ1) is 22.3. The van der Waals surface area contributed by atoms with Crippen LogP contribution in [-0.4, -0.2) is 103 Å². The highest BCUT2D eigenvalue weighted by Crippen LogP contribution is 2.42. The number of nitrogens with zero attached hydrogens (tertiary/aromatic N) is 3. The van der Waals surface area contributed by atoms with Crippen molar-refractivity contribution in [2.45, 2.75) is 65.3 Å². The summed E-state index contributed by atoms with van der Waals surface area (Å²) in [5.41, 5.74) is 1.04. The van der Waals surface area contributed by atoms with Crippen molar-refractivity contribution in [1.29, 1.82) is 0 Å². The van der Waals surface area contributed by atoms with Crippen LogP contribution in [0.2, 0.25) is 0 Å². The number of methoxy groups -OCH3 is 4. The number of rotatable bonds is 14. The fourth-order valence-corrected chi connectivity index (χ4v) is 5.48. The molecule has 0 aromatic heterocycles. The van der Waals surface area contributed by atoms with E-state index in [1.165, 1.54) is 46.5 Å². The van der Waals surface area contributed by atoms with Gasteiger partial charge < -0.3 is 33.7 Å². The van der Waals surface area contributed by atoms with Gasteiger partial charge in [-0.2, -0.15) is 0 Å². The van der Waals surface area contributed by atoms with Gasteiger partial charge in [-0.1, -0.05) is 44.2 Å². The first-order valence-electron chi connectivity index (χ1n) is 15.2.